The molecular weight excluding hydrogens is 386 g/mol. The average Bonchev–Trinajstić information content (AvgIpc) is 2.72. The molecule has 0 aliphatic heterocycles. The molecule has 8 nitrogen and oxygen atoms in total. The van der Waals surface area contributed by atoms with E-state index in [1.165, 1.54) is 6.92 Å². The Balaban J connectivity index is 1.98. The molecule has 3 amide bonds. The minimum Gasteiger partial charge on any atom is -0.461 e. The second kappa shape index (κ2) is 11.4. The third-order valence-corrected chi connectivity index (χ3v) is 4.25. The van der Waals surface area contributed by atoms with Crippen molar-refractivity contribution in [2.75, 3.05) is 0 Å². The fourth-order valence-corrected chi connectivity index (χ4v) is 2.76. The number of rotatable bonds is 10. The third kappa shape index (κ3) is 7.75. The molecule has 0 unspecified atom stereocenters. The summed E-state index contributed by atoms with van der Waals surface area (Å²) < 4.78 is 5.14. The minimum atomic E-state index is -1.26. The number of esters is 1. The van der Waals surface area contributed by atoms with Gasteiger partial charge in [0.2, 0.25) is 17.7 Å². The van der Waals surface area contributed by atoms with Gasteiger partial charge in [0, 0.05) is 13.3 Å². The van der Waals surface area contributed by atoms with E-state index in [1.807, 2.05) is 48.5 Å². The van der Waals surface area contributed by atoms with Crippen LogP contribution < -0.4 is 16.4 Å². The molecule has 0 saturated carbocycles. The summed E-state index contributed by atoms with van der Waals surface area (Å²) in [6.45, 7) is 1.33. The summed E-state index contributed by atoms with van der Waals surface area (Å²) in [6, 6.07) is 16.0. The predicted octanol–water partition coefficient (Wildman–Crippen LogP) is 0.837. The van der Waals surface area contributed by atoms with Crippen LogP contribution in [0.5, 0.6) is 0 Å². The minimum absolute atomic E-state index is 0.0433. The van der Waals surface area contributed by atoms with Crippen LogP contribution in [0.1, 0.15) is 24.5 Å². The molecule has 0 aliphatic rings. The van der Waals surface area contributed by atoms with Gasteiger partial charge in [0.1, 0.15) is 18.7 Å². The smallest absolute Gasteiger partial charge is 0.308 e. The first-order chi connectivity index (χ1) is 14.3. The standard InChI is InChI=1S/C22H25N3O5/c1-15(26)24-19(12-16-8-4-2-5-9-16)22(29)25-18(21(23)28)13-20(27)30-14-17-10-6-3-7-11-17/h2-11,18-19H,12-14H2,1H3,(H2,23,28)(H,24,26)(H,25,29)/t18-,19+/m1/s1. The monoisotopic (exact) mass is 411 g/mol. The summed E-state index contributed by atoms with van der Waals surface area (Å²) in [7, 11) is 0. The molecule has 0 fully saturated rings. The molecule has 2 rings (SSSR count). The number of ether oxygens (including phenoxy) is 1. The summed E-state index contributed by atoms with van der Waals surface area (Å²) >= 11 is 0. The van der Waals surface area contributed by atoms with E-state index in [0.717, 1.165) is 11.1 Å². The zero-order valence-electron chi connectivity index (χ0n) is 16.7. The highest BCUT2D eigenvalue weighted by molar-refractivity contribution is 5.93. The Labute approximate surface area is 174 Å². The van der Waals surface area contributed by atoms with Gasteiger partial charge in [-0.25, -0.2) is 0 Å². The van der Waals surface area contributed by atoms with Crippen LogP contribution in [0.3, 0.4) is 0 Å². The maximum atomic E-state index is 12.7. The summed E-state index contributed by atoms with van der Waals surface area (Å²) in [5.74, 6) is -2.57. The molecule has 2 aromatic rings. The van der Waals surface area contributed by atoms with Crippen molar-refractivity contribution in [1.82, 2.24) is 10.6 Å². The number of benzene rings is 2. The van der Waals surface area contributed by atoms with Gasteiger partial charge in [-0.05, 0) is 11.1 Å². The van der Waals surface area contributed by atoms with Gasteiger partial charge < -0.3 is 21.1 Å². The van der Waals surface area contributed by atoms with Crippen LogP contribution in [0.15, 0.2) is 60.7 Å². The van der Waals surface area contributed by atoms with Gasteiger partial charge in [0.25, 0.3) is 0 Å². The van der Waals surface area contributed by atoms with Crippen LogP contribution in [0.4, 0.5) is 0 Å². The first-order valence-electron chi connectivity index (χ1n) is 9.45. The lowest BCUT2D eigenvalue weighted by Crippen LogP contribution is -2.54. The van der Waals surface area contributed by atoms with Crippen molar-refractivity contribution >= 4 is 23.7 Å². The number of hydrogen-bond acceptors (Lipinski definition) is 5. The topological polar surface area (TPSA) is 128 Å². The molecule has 8 heteroatoms. The summed E-state index contributed by atoms with van der Waals surface area (Å²) in [6.07, 6.45) is -0.192. The van der Waals surface area contributed by atoms with Crippen molar-refractivity contribution in [2.45, 2.75) is 38.5 Å². The lowest BCUT2D eigenvalue weighted by Gasteiger charge is -2.21. The zero-order valence-corrected chi connectivity index (χ0v) is 16.7. The largest absolute Gasteiger partial charge is 0.461 e. The predicted molar refractivity (Wildman–Crippen MR) is 110 cm³/mol. The van der Waals surface area contributed by atoms with E-state index >= 15 is 0 Å². The lowest BCUT2D eigenvalue weighted by atomic mass is 10.0. The number of hydrogen-bond donors (Lipinski definition) is 3. The maximum absolute atomic E-state index is 12.7. The van der Waals surface area contributed by atoms with E-state index < -0.39 is 42.2 Å². The fraction of sp³-hybridized carbons (Fsp3) is 0.273. The molecular formula is C22H25N3O5. The van der Waals surface area contributed by atoms with Crippen molar-refractivity contribution in [2.24, 2.45) is 5.73 Å². The van der Waals surface area contributed by atoms with Gasteiger partial charge in [-0.15, -0.1) is 0 Å². The number of amides is 3. The van der Waals surface area contributed by atoms with Gasteiger partial charge in [-0.3, -0.25) is 19.2 Å². The summed E-state index contributed by atoms with van der Waals surface area (Å²) in [5.41, 5.74) is 6.96. The van der Waals surface area contributed by atoms with E-state index in [9.17, 15) is 19.2 Å². The van der Waals surface area contributed by atoms with Crippen molar-refractivity contribution in [1.29, 1.82) is 0 Å². The van der Waals surface area contributed by atoms with Crippen molar-refractivity contribution < 1.29 is 23.9 Å². The SMILES string of the molecule is CC(=O)N[C@@H](Cc1ccccc1)C(=O)N[C@H](CC(=O)OCc1ccccc1)C(N)=O. The molecule has 0 bridgehead atoms. The molecule has 30 heavy (non-hydrogen) atoms. The van der Waals surface area contributed by atoms with Gasteiger partial charge in [-0.2, -0.15) is 0 Å². The molecule has 0 heterocycles. The quantitative estimate of drug-likeness (QED) is 0.499. The molecule has 0 spiro atoms. The molecule has 0 saturated heterocycles. The third-order valence-electron chi connectivity index (χ3n) is 4.25. The number of nitrogens with one attached hydrogen (secondary N) is 2. The highest BCUT2D eigenvalue weighted by Crippen LogP contribution is 2.06. The van der Waals surface area contributed by atoms with Crippen LogP contribution >= 0.6 is 0 Å². The van der Waals surface area contributed by atoms with Gasteiger partial charge in [0.15, 0.2) is 0 Å². The van der Waals surface area contributed by atoms with Gasteiger partial charge in [-0.1, -0.05) is 60.7 Å². The van der Waals surface area contributed by atoms with Crippen LogP contribution in [0.25, 0.3) is 0 Å². The van der Waals surface area contributed by atoms with E-state index in [0.29, 0.717) is 0 Å². The Morgan fingerprint density at radius 2 is 1.43 bits per heavy atom. The number of primary amides is 1. The van der Waals surface area contributed by atoms with E-state index in [1.54, 1.807) is 12.1 Å². The summed E-state index contributed by atoms with van der Waals surface area (Å²) in [5, 5.41) is 5.00. The second-order valence-electron chi connectivity index (χ2n) is 6.76. The van der Waals surface area contributed by atoms with Crippen LogP contribution in [0.2, 0.25) is 0 Å². The molecule has 0 aliphatic carbocycles. The Kier molecular flexibility index (Phi) is 8.56. The molecule has 0 radical (unpaired) electrons. The van der Waals surface area contributed by atoms with E-state index in [2.05, 4.69) is 10.6 Å². The highest BCUT2D eigenvalue weighted by Gasteiger charge is 2.27. The molecule has 4 N–H and O–H groups in total. The van der Waals surface area contributed by atoms with E-state index in [-0.39, 0.29) is 13.0 Å². The average molecular weight is 411 g/mol. The fourth-order valence-electron chi connectivity index (χ4n) is 2.76. The first-order valence-corrected chi connectivity index (χ1v) is 9.45. The van der Waals surface area contributed by atoms with Crippen molar-refractivity contribution in [3.05, 3.63) is 71.8 Å². The highest BCUT2D eigenvalue weighted by atomic mass is 16.5. The number of carbonyl (C=O) groups excluding carboxylic acids is 4. The second-order valence-corrected chi connectivity index (χ2v) is 6.76. The Morgan fingerprint density at radius 1 is 0.867 bits per heavy atom. The van der Waals surface area contributed by atoms with Crippen molar-refractivity contribution in [3.63, 3.8) is 0 Å². The lowest BCUT2D eigenvalue weighted by molar-refractivity contribution is -0.147. The van der Waals surface area contributed by atoms with Crippen LogP contribution in [0, 0.1) is 0 Å². The molecule has 2 aromatic carbocycles. The number of nitrogens with two attached hydrogens (primary N) is 1. The normalized spacial score (nSPS) is 12.3. The van der Waals surface area contributed by atoms with Crippen LogP contribution in [-0.4, -0.2) is 35.8 Å². The molecule has 2 atom stereocenters. The first kappa shape index (κ1) is 22.6. The Morgan fingerprint density at radius 3 is 1.97 bits per heavy atom. The molecule has 0 aromatic heterocycles. The van der Waals surface area contributed by atoms with Crippen molar-refractivity contribution in [3.8, 4) is 0 Å². The Hall–Kier alpha value is -3.68. The maximum Gasteiger partial charge on any atom is 0.308 e. The zero-order chi connectivity index (χ0) is 21.9. The molecule has 158 valence electrons. The van der Waals surface area contributed by atoms with E-state index in [4.69, 9.17) is 10.5 Å². The van der Waals surface area contributed by atoms with Gasteiger partial charge in [0.05, 0.1) is 6.42 Å². The Bertz CT molecular complexity index is 871. The van der Waals surface area contributed by atoms with Crippen LogP contribution in [-0.2, 0) is 36.9 Å². The van der Waals surface area contributed by atoms with Gasteiger partial charge >= 0.3 is 5.97 Å². The summed E-state index contributed by atoms with van der Waals surface area (Å²) in [4.78, 5) is 48.0. The number of carbonyl (C=O) groups is 4.